The molecule has 0 aromatic carbocycles. The minimum Gasteiger partial charge on any atom is -0.462 e. The van der Waals surface area contributed by atoms with Crippen molar-refractivity contribution in [3.63, 3.8) is 0 Å². The molecule has 1 N–H and O–H groups in total. The molecule has 2 heterocycles. The van der Waals surface area contributed by atoms with Gasteiger partial charge in [-0.05, 0) is 33.2 Å². The topological polar surface area (TPSA) is 49.8 Å². The zero-order valence-electron chi connectivity index (χ0n) is 10.6. The number of ether oxygens (including phenoxy) is 1. The lowest BCUT2D eigenvalue weighted by molar-refractivity contribution is -0.141. The maximum atomic E-state index is 11.5. The number of nitrogens with zero attached hydrogens (tertiary/aromatic N) is 1. The number of fused-ring (bicyclic) bond motifs is 1. The van der Waals surface area contributed by atoms with Gasteiger partial charge in [0.25, 0.3) is 0 Å². The lowest BCUT2D eigenvalue weighted by Gasteiger charge is -2.20. The van der Waals surface area contributed by atoms with E-state index in [0.29, 0.717) is 18.2 Å². The van der Waals surface area contributed by atoms with Gasteiger partial charge in [-0.15, -0.1) is 0 Å². The van der Waals surface area contributed by atoms with Crippen LogP contribution in [0.1, 0.15) is 26.7 Å². The maximum Gasteiger partial charge on any atom is 0.333 e. The van der Waals surface area contributed by atoms with Crippen LogP contribution < -0.4 is 0 Å². The van der Waals surface area contributed by atoms with Crippen molar-refractivity contribution >= 4 is 5.97 Å². The number of rotatable bonds is 3. The van der Waals surface area contributed by atoms with Crippen LogP contribution in [0.25, 0.3) is 0 Å². The molecule has 0 aromatic rings. The van der Waals surface area contributed by atoms with E-state index in [1.165, 1.54) is 6.42 Å². The van der Waals surface area contributed by atoms with Crippen molar-refractivity contribution in [3.05, 3.63) is 11.6 Å². The van der Waals surface area contributed by atoms with Gasteiger partial charge < -0.3 is 9.84 Å². The van der Waals surface area contributed by atoms with Gasteiger partial charge in [0.2, 0.25) is 0 Å². The average Bonchev–Trinajstić information content (AvgIpc) is 2.86. The molecule has 0 bridgehead atoms. The minimum atomic E-state index is -0.348. The van der Waals surface area contributed by atoms with Gasteiger partial charge in [0.05, 0.1) is 12.7 Å². The van der Waals surface area contributed by atoms with E-state index in [9.17, 15) is 9.90 Å². The second-order valence-electron chi connectivity index (χ2n) is 5.01. The Balaban J connectivity index is 1.88. The third-order valence-corrected chi connectivity index (χ3v) is 3.99. The number of aliphatic hydroxyl groups is 1. The van der Waals surface area contributed by atoms with Gasteiger partial charge in [0.15, 0.2) is 0 Å². The van der Waals surface area contributed by atoms with Crippen LogP contribution in [0.15, 0.2) is 11.6 Å². The number of carbonyl (C=O) groups is 1. The number of hydrogen-bond acceptors (Lipinski definition) is 4. The Morgan fingerprint density at radius 3 is 3.06 bits per heavy atom. The van der Waals surface area contributed by atoms with Crippen molar-refractivity contribution in [2.45, 2.75) is 38.8 Å². The number of hydrogen-bond donors (Lipinski definition) is 1. The SMILES string of the molecule is C/C=C(\C)C(=O)OC[C@H]1[C@H]2CCCN2C[C@@H]1O. The van der Waals surface area contributed by atoms with Crippen LogP contribution in [0.4, 0.5) is 0 Å². The van der Waals surface area contributed by atoms with E-state index in [0.717, 1.165) is 19.5 Å². The van der Waals surface area contributed by atoms with Crippen molar-refractivity contribution < 1.29 is 14.6 Å². The molecule has 2 aliphatic rings. The zero-order chi connectivity index (χ0) is 12.4. The van der Waals surface area contributed by atoms with E-state index in [4.69, 9.17) is 4.74 Å². The highest BCUT2D eigenvalue weighted by atomic mass is 16.5. The van der Waals surface area contributed by atoms with Crippen LogP contribution >= 0.6 is 0 Å². The van der Waals surface area contributed by atoms with Gasteiger partial charge in [0.1, 0.15) is 0 Å². The molecule has 3 atom stereocenters. The fourth-order valence-corrected chi connectivity index (χ4v) is 2.82. The number of aliphatic hydroxyl groups excluding tert-OH is 1. The van der Waals surface area contributed by atoms with Crippen LogP contribution in [-0.4, -0.2) is 47.8 Å². The van der Waals surface area contributed by atoms with E-state index in [1.54, 1.807) is 13.0 Å². The summed E-state index contributed by atoms with van der Waals surface area (Å²) in [7, 11) is 0. The molecule has 96 valence electrons. The molecule has 0 saturated carbocycles. The van der Waals surface area contributed by atoms with E-state index in [2.05, 4.69) is 4.90 Å². The van der Waals surface area contributed by atoms with Gasteiger partial charge in [-0.1, -0.05) is 6.08 Å². The van der Waals surface area contributed by atoms with Crippen molar-refractivity contribution in [3.8, 4) is 0 Å². The second kappa shape index (κ2) is 5.19. The summed E-state index contributed by atoms with van der Waals surface area (Å²) < 4.78 is 5.26. The Labute approximate surface area is 102 Å². The van der Waals surface area contributed by atoms with Gasteiger partial charge in [-0.25, -0.2) is 4.79 Å². The first-order chi connectivity index (χ1) is 8.13. The molecule has 2 saturated heterocycles. The van der Waals surface area contributed by atoms with Crippen molar-refractivity contribution in [2.75, 3.05) is 19.7 Å². The normalized spacial score (nSPS) is 33.8. The van der Waals surface area contributed by atoms with Crippen molar-refractivity contribution in [1.82, 2.24) is 4.90 Å². The van der Waals surface area contributed by atoms with Gasteiger partial charge >= 0.3 is 5.97 Å². The first-order valence-corrected chi connectivity index (χ1v) is 6.35. The second-order valence-corrected chi connectivity index (χ2v) is 5.01. The molecule has 17 heavy (non-hydrogen) atoms. The third kappa shape index (κ3) is 2.53. The predicted octanol–water partition coefficient (Wildman–Crippen LogP) is 0.951. The summed E-state index contributed by atoms with van der Waals surface area (Å²) in [6.07, 6.45) is 3.70. The van der Waals surface area contributed by atoms with Crippen molar-refractivity contribution in [1.29, 1.82) is 0 Å². The molecule has 4 nitrogen and oxygen atoms in total. The number of allylic oxidation sites excluding steroid dienone is 1. The summed E-state index contributed by atoms with van der Waals surface area (Å²) in [6, 6.07) is 0.406. The lowest BCUT2D eigenvalue weighted by atomic mass is 9.97. The Hall–Kier alpha value is -0.870. The smallest absolute Gasteiger partial charge is 0.333 e. The molecule has 0 aliphatic carbocycles. The van der Waals surface area contributed by atoms with Crippen LogP contribution in [0.3, 0.4) is 0 Å². The summed E-state index contributed by atoms with van der Waals surface area (Å²) >= 11 is 0. The average molecular weight is 239 g/mol. The molecule has 0 unspecified atom stereocenters. The predicted molar refractivity (Wildman–Crippen MR) is 64.5 cm³/mol. The Morgan fingerprint density at radius 2 is 2.35 bits per heavy atom. The Kier molecular flexibility index (Phi) is 3.84. The first kappa shape index (κ1) is 12.6. The fraction of sp³-hybridized carbons (Fsp3) is 0.769. The van der Waals surface area contributed by atoms with E-state index < -0.39 is 0 Å². The first-order valence-electron chi connectivity index (χ1n) is 6.35. The molecule has 4 heteroatoms. The molecular weight excluding hydrogens is 218 g/mol. The largest absolute Gasteiger partial charge is 0.462 e. The minimum absolute atomic E-state index is 0.0890. The molecule has 2 aliphatic heterocycles. The Morgan fingerprint density at radius 1 is 1.59 bits per heavy atom. The summed E-state index contributed by atoms with van der Waals surface area (Å²) in [5.41, 5.74) is 0.626. The third-order valence-electron chi connectivity index (χ3n) is 3.99. The van der Waals surface area contributed by atoms with Crippen LogP contribution in [0.5, 0.6) is 0 Å². The molecule has 0 radical (unpaired) electrons. The summed E-state index contributed by atoms with van der Waals surface area (Å²) in [6.45, 7) is 5.71. The summed E-state index contributed by atoms with van der Waals surface area (Å²) in [5, 5.41) is 9.96. The highest BCUT2D eigenvalue weighted by Gasteiger charge is 2.43. The quantitative estimate of drug-likeness (QED) is 0.588. The van der Waals surface area contributed by atoms with Crippen molar-refractivity contribution in [2.24, 2.45) is 5.92 Å². The highest BCUT2D eigenvalue weighted by molar-refractivity contribution is 5.87. The molecule has 0 spiro atoms. The number of esters is 1. The van der Waals surface area contributed by atoms with E-state index in [1.807, 2.05) is 6.92 Å². The van der Waals surface area contributed by atoms with Crippen LogP contribution in [0.2, 0.25) is 0 Å². The monoisotopic (exact) mass is 239 g/mol. The maximum absolute atomic E-state index is 11.5. The van der Waals surface area contributed by atoms with Gasteiger partial charge in [-0.3, -0.25) is 4.90 Å². The lowest BCUT2D eigenvalue weighted by Crippen LogP contribution is -2.31. The molecular formula is C13H21NO3. The van der Waals surface area contributed by atoms with Gasteiger partial charge in [-0.2, -0.15) is 0 Å². The summed E-state index contributed by atoms with van der Waals surface area (Å²) in [5.74, 6) is -0.178. The summed E-state index contributed by atoms with van der Waals surface area (Å²) in [4.78, 5) is 13.9. The van der Waals surface area contributed by atoms with Crippen LogP contribution in [0, 0.1) is 5.92 Å². The van der Waals surface area contributed by atoms with Crippen LogP contribution in [-0.2, 0) is 9.53 Å². The van der Waals surface area contributed by atoms with Gasteiger partial charge in [0, 0.05) is 24.1 Å². The number of carbonyl (C=O) groups excluding carboxylic acids is 1. The molecule has 0 aromatic heterocycles. The van der Waals surface area contributed by atoms with E-state index >= 15 is 0 Å². The molecule has 2 rings (SSSR count). The fourth-order valence-electron chi connectivity index (χ4n) is 2.82. The zero-order valence-corrected chi connectivity index (χ0v) is 10.6. The standard InChI is InChI=1S/C13H21NO3/c1-3-9(2)13(16)17-8-10-11-5-4-6-14(11)7-12(10)15/h3,10-12,15H,4-8H2,1-2H3/b9-3+/t10-,11+,12-/m0/s1. The van der Waals surface area contributed by atoms with E-state index in [-0.39, 0.29) is 18.0 Å². The molecule has 0 amide bonds. The Bertz CT molecular complexity index is 327. The molecule has 2 fully saturated rings. The highest BCUT2D eigenvalue weighted by Crippen LogP contribution is 2.33.